The van der Waals surface area contributed by atoms with Gasteiger partial charge in [0.25, 0.3) is 5.92 Å². The number of imidazole rings is 1. The summed E-state index contributed by atoms with van der Waals surface area (Å²) in [4.78, 5) is 13.2. The Morgan fingerprint density at radius 1 is 1.08 bits per heavy atom. The summed E-state index contributed by atoms with van der Waals surface area (Å²) in [6.07, 6.45) is 4.68. The zero-order chi connectivity index (χ0) is 17.2. The van der Waals surface area contributed by atoms with Gasteiger partial charge in [0.2, 0.25) is 0 Å². The number of aryl methyl sites for hydroxylation is 2. The first-order valence-corrected chi connectivity index (χ1v) is 8.42. The quantitative estimate of drug-likeness (QED) is 0.778. The van der Waals surface area contributed by atoms with Crippen molar-refractivity contribution in [2.24, 2.45) is 5.73 Å². The van der Waals surface area contributed by atoms with Gasteiger partial charge in [-0.25, -0.2) is 23.7 Å². The van der Waals surface area contributed by atoms with Gasteiger partial charge < -0.3 is 10.3 Å². The number of rotatable bonds is 2. The number of alkyl halides is 2. The fourth-order valence-corrected chi connectivity index (χ4v) is 3.95. The van der Waals surface area contributed by atoms with Gasteiger partial charge in [-0.1, -0.05) is 6.07 Å². The molecule has 1 fully saturated rings. The third kappa shape index (κ3) is 2.26. The summed E-state index contributed by atoms with van der Waals surface area (Å²) in [6, 6.07) is 6.07. The lowest BCUT2D eigenvalue weighted by Gasteiger charge is -2.42. The van der Waals surface area contributed by atoms with Gasteiger partial charge in [-0.15, -0.1) is 0 Å². The molecule has 0 saturated heterocycles. The van der Waals surface area contributed by atoms with Gasteiger partial charge in [-0.2, -0.15) is 0 Å². The molecule has 1 aromatic carbocycles. The number of nitrogens with two attached hydrogens (primary N) is 1. The minimum Gasteiger partial charge on any atom is -0.328 e. The van der Waals surface area contributed by atoms with E-state index in [2.05, 4.69) is 25.6 Å². The van der Waals surface area contributed by atoms with Crippen LogP contribution in [-0.4, -0.2) is 25.4 Å². The Morgan fingerprint density at radius 3 is 2.56 bits per heavy atom. The molecule has 0 radical (unpaired) electrons. The summed E-state index contributed by atoms with van der Waals surface area (Å²) < 4.78 is 28.5. The van der Waals surface area contributed by atoms with Crippen LogP contribution in [0.4, 0.5) is 8.78 Å². The first kappa shape index (κ1) is 14.9. The van der Waals surface area contributed by atoms with Crippen LogP contribution in [0, 0.1) is 0 Å². The van der Waals surface area contributed by atoms with E-state index in [0.717, 1.165) is 47.4 Å². The summed E-state index contributed by atoms with van der Waals surface area (Å²) in [5.41, 5.74) is 8.82. The van der Waals surface area contributed by atoms with Crippen LogP contribution < -0.4 is 5.73 Å². The molecule has 2 aromatic heterocycles. The summed E-state index contributed by atoms with van der Waals surface area (Å²) in [6.45, 7) is 0.995. The summed E-state index contributed by atoms with van der Waals surface area (Å²) >= 11 is 0. The fraction of sp³-hybridized carbons (Fsp3) is 0.389. The molecule has 2 aliphatic rings. The van der Waals surface area contributed by atoms with E-state index in [-0.39, 0.29) is 5.82 Å². The number of hydrogen-bond donors (Lipinski definition) is 1. The third-order valence-corrected chi connectivity index (χ3v) is 5.19. The van der Waals surface area contributed by atoms with Crippen molar-refractivity contribution in [3.05, 3.63) is 42.2 Å². The van der Waals surface area contributed by atoms with E-state index in [9.17, 15) is 8.78 Å². The average Bonchev–Trinajstić information content (AvgIpc) is 3.13. The third-order valence-electron chi connectivity index (χ3n) is 5.19. The largest absolute Gasteiger partial charge is 0.328 e. The van der Waals surface area contributed by atoms with Gasteiger partial charge in [0, 0.05) is 43.8 Å². The summed E-state index contributed by atoms with van der Waals surface area (Å²) in [5, 5.41) is 0. The number of halogens is 2. The van der Waals surface area contributed by atoms with Crippen molar-refractivity contribution in [3.8, 4) is 11.1 Å². The van der Waals surface area contributed by atoms with Gasteiger partial charge in [-0.05, 0) is 24.1 Å². The van der Waals surface area contributed by atoms with Crippen LogP contribution in [0.15, 0.2) is 30.6 Å². The lowest BCUT2D eigenvalue weighted by molar-refractivity contribution is -0.127. The molecule has 7 heteroatoms. The Bertz CT molecular complexity index is 969. The van der Waals surface area contributed by atoms with E-state index in [1.165, 1.54) is 0 Å². The molecule has 5 rings (SSSR count). The molecular weight excluding hydrogens is 324 g/mol. The highest BCUT2D eigenvalue weighted by atomic mass is 19.3. The molecule has 0 bridgehead atoms. The molecule has 1 aliphatic heterocycles. The maximum absolute atomic E-state index is 13.1. The van der Waals surface area contributed by atoms with Crippen LogP contribution in [0.3, 0.4) is 0 Å². The van der Waals surface area contributed by atoms with E-state index in [0.29, 0.717) is 0 Å². The average molecular weight is 341 g/mol. The van der Waals surface area contributed by atoms with Gasteiger partial charge in [0.15, 0.2) is 0 Å². The van der Waals surface area contributed by atoms with Crippen molar-refractivity contribution in [2.45, 2.75) is 43.7 Å². The lowest BCUT2D eigenvalue weighted by atomic mass is 9.73. The Kier molecular flexibility index (Phi) is 2.87. The highest BCUT2D eigenvalue weighted by Crippen LogP contribution is 2.48. The Hall–Kier alpha value is -2.41. The lowest BCUT2D eigenvalue weighted by Crippen LogP contribution is -2.56. The number of benzene rings is 1. The zero-order valence-corrected chi connectivity index (χ0v) is 13.5. The second-order valence-corrected chi connectivity index (χ2v) is 7.15. The molecule has 3 aromatic rings. The highest BCUT2D eigenvalue weighted by molar-refractivity contribution is 5.82. The zero-order valence-electron chi connectivity index (χ0n) is 13.5. The molecule has 0 unspecified atom stereocenters. The Morgan fingerprint density at radius 2 is 1.84 bits per heavy atom. The molecule has 0 amide bonds. The van der Waals surface area contributed by atoms with Crippen molar-refractivity contribution in [1.29, 1.82) is 0 Å². The summed E-state index contributed by atoms with van der Waals surface area (Å²) in [7, 11) is 0. The molecule has 0 atom stereocenters. The highest BCUT2D eigenvalue weighted by Gasteiger charge is 2.56. The van der Waals surface area contributed by atoms with E-state index in [1.54, 1.807) is 12.4 Å². The fourth-order valence-electron chi connectivity index (χ4n) is 3.95. The van der Waals surface area contributed by atoms with Gasteiger partial charge in [0.1, 0.15) is 11.6 Å². The van der Waals surface area contributed by atoms with Gasteiger partial charge in [-0.3, -0.25) is 0 Å². The predicted octanol–water partition coefficient (Wildman–Crippen LogP) is 3.02. The minimum atomic E-state index is -2.70. The van der Waals surface area contributed by atoms with Gasteiger partial charge in [0.05, 0.1) is 16.6 Å². The molecule has 0 spiro atoms. The van der Waals surface area contributed by atoms with Crippen LogP contribution in [0.1, 0.15) is 30.9 Å². The molecule has 128 valence electrons. The number of nitrogens with zero attached hydrogens (tertiary/aromatic N) is 4. The van der Waals surface area contributed by atoms with E-state index >= 15 is 0 Å². The van der Waals surface area contributed by atoms with Crippen molar-refractivity contribution >= 4 is 11.0 Å². The second kappa shape index (κ2) is 4.82. The standard InChI is InChI=1S/C18H17F2N5/c19-18(20)9-17(21,10-18)16-22-7-12(8-23-16)11-3-4-13-14(6-11)25-5-1-2-15(25)24-13/h3-4,6-8H,1-2,5,9-10,21H2. The van der Waals surface area contributed by atoms with Crippen molar-refractivity contribution in [1.82, 2.24) is 19.5 Å². The SMILES string of the molecule is NC1(c2ncc(-c3ccc4nc5n(c4c3)CCC5)cn2)CC(F)(F)C1. The maximum atomic E-state index is 13.1. The van der Waals surface area contributed by atoms with Crippen molar-refractivity contribution < 1.29 is 8.78 Å². The molecular formula is C18H17F2N5. The van der Waals surface area contributed by atoms with Crippen LogP contribution in [-0.2, 0) is 18.5 Å². The van der Waals surface area contributed by atoms with Crippen molar-refractivity contribution in [2.75, 3.05) is 0 Å². The molecule has 25 heavy (non-hydrogen) atoms. The number of fused-ring (bicyclic) bond motifs is 3. The van der Waals surface area contributed by atoms with E-state index in [4.69, 9.17) is 5.73 Å². The van der Waals surface area contributed by atoms with E-state index in [1.807, 2.05) is 12.1 Å². The number of aromatic nitrogens is 4. The van der Waals surface area contributed by atoms with Crippen LogP contribution >= 0.6 is 0 Å². The summed E-state index contributed by atoms with van der Waals surface area (Å²) in [5.74, 6) is -1.28. The first-order chi connectivity index (χ1) is 11.9. The maximum Gasteiger partial charge on any atom is 0.252 e. The smallest absolute Gasteiger partial charge is 0.252 e. The van der Waals surface area contributed by atoms with Crippen LogP contribution in [0.5, 0.6) is 0 Å². The Balaban J connectivity index is 1.48. The molecule has 3 heterocycles. The monoisotopic (exact) mass is 341 g/mol. The van der Waals surface area contributed by atoms with E-state index < -0.39 is 24.3 Å². The second-order valence-electron chi connectivity index (χ2n) is 7.15. The first-order valence-electron chi connectivity index (χ1n) is 8.42. The molecule has 2 N–H and O–H groups in total. The topological polar surface area (TPSA) is 69.6 Å². The minimum absolute atomic E-state index is 0.286. The van der Waals surface area contributed by atoms with Gasteiger partial charge >= 0.3 is 0 Å². The van der Waals surface area contributed by atoms with Crippen LogP contribution in [0.2, 0.25) is 0 Å². The normalized spacial score (nSPS) is 20.4. The molecule has 1 saturated carbocycles. The predicted molar refractivity (Wildman–Crippen MR) is 89.1 cm³/mol. The van der Waals surface area contributed by atoms with Crippen LogP contribution in [0.25, 0.3) is 22.2 Å². The molecule has 1 aliphatic carbocycles. The van der Waals surface area contributed by atoms with Crippen molar-refractivity contribution in [3.63, 3.8) is 0 Å². The Labute approximate surface area is 142 Å². The molecule has 5 nitrogen and oxygen atoms in total. The number of hydrogen-bond acceptors (Lipinski definition) is 4.